The lowest BCUT2D eigenvalue weighted by Gasteiger charge is -2.39. The highest BCUT2D eigenvalue weighted by Crippen LogP contribution is 2.49. The number of hydrogen-bond donors (Lipinski definition) is 2. The molecule has 0 spiro atoms. The van der Waals surface area contributed by atoms with Gasteiger partial charge in [0.25, 0.3) is 0 Å². The first-order chi connectivity index (χ1) is 19.7. The van der Waals surface area contributed by atoms with Crippen LogP contribution in [-0.4, -0.2) is 53.7 Å². The fourth-order valence-corrected chi connectivity index (χ4v) is 7.64. The number of nitrogens with one attached hydrogen (secondary N) is 2. The number of amides is 2. The van der Waals surface area contributed by atoms with Crippen LogP contribution in [-0.2, 0) is 6.54 Å². The van der Waals surface area contributed by atoms with E-state index in [1.54, 1.807) is 16.4 Å². The fraction of sp³-hybridized carbons (Fsp3) is 0.531. The third kappa shape index (κ3) is 5.06. The summed E-state index contributed by atoms with van der Waals surface area (Å²) in [5.74, 6) is 2.21. The Morgan fingerprint density at radius 2 is 1.90 bits per heavy atom. The number of benzene rings is 2. The van der Waals surface area contributed by atoms with Gasteiger partial charge in [-0.25, -0.2) is 10.2 Å². The predicted octanol–water partition coefficient (Wildman–Crippen LogP) is 6.74. The van der Waals surface area contributed by atoms with Crippen LogP contribution in [0.5, 0.6) is 11.5 Å². The molecule has 1 saturated carbocycles. The molecule has 1 fully saturated rings. The minimum atomic E-state index is -0.550. The van der Waals surface area contributed by atoms with E-state index >= 15 is 0 Å². The van der Waals surface area contributed by atoms with Crippen LogP contribution in [0.3, 0.4) is 0 Å². The number of anilines is 1. The Bertz CT molecular complexity index is 1450. The summed E-state index contributed by atoms with van der Waals surface area (Å²) >= 11 is 1.37. The second-order valence-electron chi connectivity index (χ2n) is 12.3. The summed E-state index contributed by atoms with van der Waals surface area (Å²) in [5.41, 5.74) is 8.66. The van der Waals surface area contributed by atoms with Crippen molar-refractivity contribution in [2.45, 2.75) is 77.0 Å². The van der Waals surface area contributed by atoms with E-state index in [2.05, 4.69) is 66.4 Å². The average molecular weight is 578 g/mol. The Labute approximate surface area is 247 Å². The molecule has 6 rings (SSSR count). The average Bonchev–Trinajstić information content (AvgIpc) is 3.28. The molecule has 1 aliphatic carbocycles. The first-order valence-electron chi connectivity index (χ1n) is 14.9. The molecule has 9 heteroatoms. The van der Waals surface area contributed by atoms with Gasteiger partial charge in [0.05, 0.1) is 30.6 Å². The number of fused-ring (bicyclic) bond motifs is 4. The van der Waals surface area contributed by atoms with Crippen LogP contribution in [0.15, 0.2) is 36.4 Å². The topological polar surface area (TPSA) is 71.0 Å². The number of hydrazine groups is 1. The molecule has 3 aromatic rings. The van der Waals surface area contributed by atoms with E-state index < -0.39 is 5.66 Å². The zero-order chi connectivity index (χ0) is 28.9. The van der Waals surface area contributed by atoms with Crippen molar-refractivity contribution >= 4 is 34.6 Å². The van der Waals surface area contributed by atoms with Crippen LogP contribution >= 0.6 is 11.9 Å². The van der Waals surface area contributed by atoms with Gasteiger partial charge < -0.3 is 14.0 Å². The summed E-state index contributed by atoms with van der Waals surface area (Å²) < 4.78 is 16.7. The molecule has 220 valence electrons. The van der Waals surface area contributed by atoms with E-state index in [1.165, 1.54) is 66.2 Å². The van der Waals surface area contributed by atoms with Crippen LogP contribution in [0, 0.1) is 5.92 Å². The first-order valence-corrected chi connectivity index (χ1v) is 16.0. The van der Waals surface area contributed by atoms with Gasteiger partial charge in [-0.15, -0.1) is 0 Å². The summed E-state index contributed by atoms with van der Waals surface area (Å²) in [6, 6.07) is 12.8. The molecule has 0 radical (unpaired) electrons. The number of carbonyl (C=O) groups is 1. The number of rotatable bonds is 3. The van der Waals surface area contributed by atoms with Crippen LogP contribution in [0.2, 0.25) is 0 Å². The first kappa shape index (κ1) is 28.2. The standard InChI is InChI=1S/C32H43N5O3S/c1-20-22-18-36-26-17-23(35(4)31(38)37(41-6)34-32(2,3)33-20)15-16-24(26)28(21-11-8-7-9-12-21)29(36)25-13-10-14-27(39-5)30(25)40-19-22/h10,13-17,20-22,33-34H,7-9,11-12,18-19H2,1-6H3/t20?,22-/m0/s1. The van der Waals surface area contributed by atoms with Crippen LogP contribution < -0.4 is 25.1 Å². The predicted molar refractivity (Wildman–Crippen MR) is 168 cm³/mol. The number of para-hydroxylation sites is 1. The summed E-state index contributed by atoms with van der Waals surface area (Å²) in [4.78, 5) is 15.5. The van der Waals surface area contributed by atoms with Crippen molar-refractivity contribution in [1.82, 2.24) is 19.7 Å². The second-order valence-corrected chi connectivity index (χ2v) is 13.0. The number of ether oxygens (including phenoxy) is 2. The van der Waals surface area contributed by atoms with Gasteiger partial charge >= 0.3 is 6.03 Å². The zero-order valence-corrected chi connectivity index (χ0v) is 25.9. The van der Waals surface area contributed by atoms with Crippen molar-refractivity contribution < 1.29 is 14.3 Å². The van der Waals surface area contributed by atoms with E-state index in [9.17, 15) is 4.79 Å². The highest BCUT2D eigenvalue weighted by atomic mass is 32.2. The van der Waals surface area contributed by atoms with Gasteiger partial charge in [-0.1, -0.05) is 31.4 Å². The number of carbonyl (C=O) groups excluding carboxylic acids is 1. The maximum absolute atomic E-state index is 13.7. The van der Waals surface area contributed by atoms with Gasteiger partial charge in [0.1, 0.15) is 0 Å². The monoisotopic (exact) mass is 577 g/mol. The van der Waals surface area contributed by atoms with E-state index in [4.69, 9.17) is 9.47 Å². The molecule has 3 aliphatic rings. The molecule has 1 unspecified atom stereocenters. The van der Waals surface area contributed by atoms with Crippen LogP contribution in [0.1, 0.15) is 64.4 Å². The molecule has 2 N–H and O–H groups in total. The molecule has 2 aromatic carbocycles. The van der Waals surface area contributed by atoms with Crippen molar-refractivity contribution in [3.63, 3.8) is 0 Å². The summed E-state index contributed by atoms with van der Waals surface area (Å²) in [5, 5.41) is 5.05. The molecule has 8 nitrogen and oxygen atoms in total. The van der Waals surface area contributed by atoms with E-state index in [0.29, 0.717) is 12.5 Å². The van der Waals surface area contributed by atoms with Gasteiger partial charge in [0, 0.05) is 48.4 Å². The molecule has 3 heterocycles. The summed E-state index contributed by atoms with van der Waals surface area (Å²) in [7, 11) is 3.57. The number of hydrogen-bond acceptors (Lipinski definition) is 6. The van der Waals surface area contributed by atoms with Gasteiger partial charge in [0.2, 0.25) is 0 Å². The summed E-state index contributed by atoms with van der Waals surface area (Å²) in [6.07, 6.45) is 8.10. The van der Waals surface area contributed by atoms with Crippen molar-refractivity contribution in [2.24, 2.45) is 5.92 Å². The highest BCUT2D eigenvalue weighted by Gasteiger charge is 2.36. The third-order valence-corrected chi connectivity index (χ3v) is 9.73. The minimum absolute atomic E-state index is 0.0812. The maximum atomic E-state index is 13.7. The van der Waals surface area contributed by atoms with Gasteiger partial charge in [0.15, 0.2) is 11.5 Å². The number of urea groups is 1. The number of nitrogens with zero attached hydrogens (tertiary/aromatic N) is 3. The lowest BCUT2D eigenvalue weighted by atomic mass is 9.81. The minimum Gasteiger partial charge on any atom is -0.493 e. The molecule has 2 atom stereocenters. The maximum Gasteiger partial charge on any atom is 0.349 e. The lowest BCUT2D eigenvalue weighted by Crippen LogP contribution is -2.63. The molecular weight excluding hydrogens is 534 g/mol. The van der Waals surface area contributed by atoms with Crippen LogP contribution in [0.4, 0.5) is 10.5 Å². The van der Waals surface area contributed by atoms with Crippen molar-refractivity contribution in [2.75, 3.05) is 31.9 Å². The molecule has 41 heavy (non-hydrogen) atoms. The van der Waals surface area contributed by atoms with Gasteiger partial charge in [-0.2, -0.15) is 4.41 Å². The largest absolute Gasteiger partial charge is 0.493 e. The van der Waals surface area contributed by atoms with E-state index in [0.717, 1.165) is 29.3 Å². The second kappa shape index (κ2) is 11.1. The van der Waals surface area contributed by atoms with Crippen LogP contribution in [0.25, 0.3) is 22.2 Å². The molecule has 2 aliphatic heterocycles. The SMILES string of the molecule is COc1cccc2c1OC[C@@H]1Cn3c-2c(C2CCCCC2)c2ccc(cc23)N(C)C(=O)N(SC)NC(C)(C)NC1C. The van der Waals surface area contributed by atoms with Gasteiger partial charge in [-0.05, 0) is 81.3 Å². The van der Waals surface area contributed by atoms with Crippen molar-refractivity contribution in [3.8, 4) is 22.8 Å². The lowest BCUT2D eigenvalue weighted by molar-refractivity contribution is 0.136. The third-order valence-electron chi connectivity index (χ3n) is 9.12. The molecule has 0 saturated heterocycles. The molecular formula is C32H43N5O3S. The Hall–Kier alpha value is -2.88. The number of methoxy groups -OCH3 is 1. The van der Waals surface area contributed by atoms with Crippen molar-refractivity contribution in [3.05, 3.63) is 42.0 Å². The fourth-order valence-electron chi connectivity index (χ4n) is 7.04. The van der Waals surface area contributed by atoms with E-state index in [1.807, 2.05) is 19.4 Å². The Morgan fingerprint density at radius 3 is 2.63 bits per heavy atom. The van der Waals surface area contributed by atoms with E-state index in [-0.39, 0.29) is 18.0 Å². The van der Waals surface area contributed by atoms with Crippen molar-refractivity contribution in [1.29, 1.82) is 0 Å². The van der Waals surface area contributed by atoms with Gasteiger partial charge in [-0.3, -0.25) is 10.2 Å². The zero-order valence-electron chi connectivity index (χ0n) is 25.1. The Balaban J connectivity index is 1.65. The highest BCUT2D eigenvalue weighted by molar-refractivity contribution is 7.96. The number of aromatic nitrogens is 1. The normalized spacial score (nSPS) is 23.3. The molecule has 1 aromatic heterocycles. The summed E-state index contributed by atoms with van der Waals surface area (Å²) in [6.45, 7) is 7.70. The Morgan fingerprint density at radius 1 is 1.12 bits per heavy atom. The molecule has 4 bridgehead atoms. The Kier molecular flexibility index (Phi) is 7.63. The molecule has 2 amide bonds. The quantitative estimate of drug-likeness (QED) is 0.336. The smallest absolute Gasteiger partial charge is 0.349 e.